The maximum absolute atomic E-state index is 11.5. The Kier molecular flexibility index (Phi) is 7.77. The van der Waals surface area contributed by atoms with Gasteiger partial charge in [-0.25, -0.2) is 14.8 Å². The molecular formula is C21H26N6O4. The van der Waals surface area contributed by atoms with Gasteiger partial charge in [-0.1, -0.05) is 6.07 Å². The van der Waals surface area contributed by atoms with E-state index in [1.54, 1.807) is 37.4 Å². The van der Waals surface area contributed by atoms with E-state index < -0.39 is 5.97 Å². The molecule has 0 radical (unpaired) electrons. The SMILES string of the molecule is CCOC(=O)COc1cccc(N=Cc2c(O)[nH]c3ncnc(NCCCNC)c23)c1. The monoisotopic (exact) mass is 426 g/mol. The lowest BCUT2D eigenvalue weighted by Crippen LogP contribution is -2.14. The van der Waals surface area contributed by atoms with E-state index in [1.165, 1.54) is 6.33 Å². The Labute approximate surface area is 179 Å². The lowest BCUT2D eigenvalue weighted by atomic mass is 10.2. The second-order valence-electron chi connectivity index (χ2n) is 6.57. The van der Waals surface area contributed by atoms with Gasteiger partial charge in [0.05, 0.1) is 23.2 Å². The molecule has 2 aromatic heterocycles. The van der Waals surface area contributed by atoms with Crippen LogP contribution in [0.5, 0.6) is 11.6 Å². The summed E-state index contributed by atoms with van der Waals surface area (Å²) < 4.78 is 10.3. The van der Waals surface area contributed by atoms with Crippen LogP contribution in [0, 0.1) is 0 Å². The van der Waals surface area contributed by atoms with E-state index in [0.717, 1.165) is 19.5 Å². The van der Waals surface area contributed by atoms with Gasteiger partial charge in [0.1, 0.15) is 23.5 Å². The van der Waals surface area contributed by atoms with Crippen LogP contribution in [-0.2, 0) is 9.53 Å². The molecule has 10 heteroatoms. The summed E-state index contributed by atoms with van der Waals surface area (Å²) in [6.07, 6.45) is 3.89. The number of anilines is 1. The normalized spacial score (nSPS) is 11.2. The number of ether oxygens (including phenoxy) is 2. The standard InChI is InChI=1S/C21H26N6O4/c1-3-30-17(28)12-31-15-7-4-6-14(10-15)24-11-16-18-19(23-9-5-8-22-2)25-13-26-20(18)27-21(16)29/h4,6-7,10-11,13,22,29H,3,5,8-9,12H2,1-2H3,(H2,23,25,26,27). The average molecular weight is 426 g/mol. The van der Waals surface area contributed by atoms with E-state index in [2.05, 4.69) is 30.6 Å². The molecule has 0 aliphatic carbocycles. The highest BCUT2D eigenvalue weighted by atomic mass is 16.6. The molecule has 3 rings (SSSR count). The molecule has 0 atom stereocenters. The molecule has 0 saturated carbocycles. The van der Waals surface area contributed by atoms with Gasteiger partial charge >= 0.3 is 5.97 Å². The summed E-state index contributed by atoms with van der Waals surface area (Å²) in [6.45, 7) is 3.46. The van der Waals surface area contributed by atoms with Crippen molar-refractivity contribution in [3.8, 4) is 11.6 Å². The summed E-state index contributed by atoms with van der Waals surface area (Å²) >= 11 is 0. The summed E-state index contributed by atoms with van der Waals surface area (Å²) in [5, 5.41) is 17.4. The number of nitrogens with zero attached hydrogens (tertiary/aromatic N) is 3. The molecule has 31 heavy (non-hydrogen) atoms. The molecule has 0 aliphatic heterocycles. The lowest BCUT2D eigenvalue weighted by molar-refractivity contribution is -0.145. The molecule has 4 N–H and O–H groups in total. The molecule has 0 spiro atoms. The fourth-order valence-electron chi connectivity index (χ4n) is 2.90. The number of esters is 1. The topological polar surface area (TPSA) is 134 Å². The highest BCUT2D eigenvalue weighted by molar-refractivity contribution is 6.06. The zero-order valence-corrected chi connectivity index (χ0v) is 17.5. The number of hydrogen-bond donors (Lipinski definition) is 4. The molecule has 1 aromatic carbocycles. The van der Waals surface area contributed by atoms with Crippen LogP contribution in [0.4, 0.5) is 11.5 Å². The maximum atomic E-state index is 11.5. The molecule has 0 amide bonds. The third-order valence-corrected chi connectivity index (χ3v) is 4.33. The van der Waals surface area contributed by atoms with Crippen LogP contribution in [0.15, 0.2) is 35.6 Å². The van der Waals surface area contributed by atoms with Crippen molar-refractivity contribution in [1.29, 1.82) is 0 Å². The lowest BCUT2D eigenvalue weighted by Gasteiger charge is -2.07. The number of nitrogens with one attached hydrogen (secondary N) is 3. The van der Waals surface area contributed by atoms with Crippen LogP contribution in [0.25, 0.3) is 11.0 Å². The molecule has 164 valence electrons. The molecule has 0 aliphatic rings. The predicted octanol–water partition coefficient (Wildman–Crippen LogP) is 2.38. The third-order valence-electron chi connectivity index (χ3n) is 4.33. The fourth-order valence-corrected chi connectivity index (χ4v) is 2.90. The number of carbonyl (C=O) groups is 1. The minimum absolute atomic E-state index is 0.0489. The number of aromatic nitrogens is 3. The highest BCUT2D eigenvalue weighted by Crippen LogP contribution is 2.30. The van der Waals surface area contributed by atoms with Crippen molar-refractivity contribution >= 4 is 34.7 Å². The van der Waals surface area contributed by atoms with Gasteiger partial charge in [0, 0.05) is 18.8 Å². The van der Waals surface area contributed by atoms with Crippen molar-refractivity contribution in [2.24, 2.45) is 4.99 Å². The third kappa shape index (κ3) is 5.92. The first-order chi connectivity index (χ1) is 15.1. The van der Waals surface area contributed by atoms with Crippen LogP contribution in [-0.4, -0.2) is 65.6 Å². The number of aromatic hydroxyl groups is 1. The first-order valence-corrected chi connectivity index (χ1v) is 9.99. The quantitative estimate of drug-likeness (QED) is 0.209. The molecule has 3 aromatic rings. The maximum Gasteiger partial charge on any atom is 0.344 e. The van der Waals surface area contributed by atoms with Crippen molar-refractivity contribution in [3.63, 3.8) is 0 Å². The van der Waals surface area contributed by atoms with Crippen molar-refractivity contribution in [2.45, 2.75) is 13.3 Å². The first-order valence-electron chi connectivity index (χ1n) is 9.99. The predicted molar refractivity (Wildman–Crippen MR) is 118 cm³/mol. The first kappa shape index (κ1) is 22.0. The van der Waals surface area contributed by atoms with Crippen LogP contribution in [0.3, 0.4) is 0 Å². The van der Waals surface area contributed by atoms with E-state index in [-0.39, 0.29) is 12.5 Å². The van der Waals surface area contributed by atoms with E-state index in [9.17, 15) is 9.90 Å². The van der Waals surface area contributed by atoms with Crippen LogP contribution in [0.1, 0.15) is 18.9 Å². The Morgan fingerprint density at radius 3 is 3.00 bits per heavy atom. The van der Waals surface area contributed by atoms with Crippen LogP contribution >= 0.6 is 0 Å². The van der Waals surface area contributed by atoms with E-state index >= 15 is 0 Å². The molecule has 0 bridgehead atoms. The van der Waals surface area contributed by atoms with Gasteiger partial charge in [-0.15, -0.1) is 0 Å². The second-order valence-corrected chi connectivity index (χ2v) is 6.57. The average Bonchev–Trinajstić information content (AvgIpc) is 3.10. The molecule has 0 unspecified atom stereocenters. The summed E-state index contributed by atoms with van der Waals surface area (Å²) in [5.74, 6) is 0.619. The number of benzene rings is 1. The summed E-state index contributed by atoms with van der Waals surface area (Å²) in [5.41, 5.74) is 1.58. The van der Waals surface area contributed by atoms with Crippen molar-refractivity contribution in [1.82, 2.24) is 20.3 Å². The van der Waals surface area contributed by atoms with E-state index in [0.29, 0.717) is 40.5 Å². The van der Waals surface area contributed by atoms with Gasteiger partial charge < -0.3 is 30.2 Å². The van der Waals surface area contributed by atoms with Gasteiger partial charge in [-0.05, 0) is 39.1 Å². The minimum Gasteiger partial charge on any atom is -0.494 e. The number of H-pyrrole nitrogens is 1. The number of fused-ring (bicyclic) bond motifs is 1. The number of carbonyl (C=O) groups excluding carboxylic acids is 1. The number of rotatable bonds is 11. The Morgan fingerprint density at radius 1 is 1.32 bits per heavy atom. The highest BCUT2D eigenvalue weighted by Gasteiger charge is 2.15. The van der Waals surface area contributed by atoms with Gasteiger partial charge in [0.25, 0.3) is 0 Å². The Hall–Kier alpha value is -3.66. The summed E-state index contributed by atoms with van der Waals surface area (Å²) in [4.78, 5) is 27.2. The fraction of sp³-hybridized carbons (Fsp3) is 0.333. The van der Waals surface area contributed by atoms with Crippen molar-refractivity contribution in [2.75, 3.05) is 38.7 Å². The number of aromatic amines is 1. The molecule has 2 heterocycles. The van der Waals surface area contributed by atoms with Gasteiger partial charge in [0.2, 0.25) is 0 Å². The van der Waals surface area contributed by atoms with Gasteiger partial charge in [0.15, 0.2) is 12.5 Å². The Morgan fingerprint density at radius 2 is 2.19 bits per heavy atom. The van der Waals surface area contributed by atoms with Crippen molar-refractivity contribution < 1.29 is 19.4 Å². The van der Waals surface area contributed by atoms with E-state index in [1.807, 2.05) is 7.05 Å². The van der Waals surface area contributed by atoms with Gasteiger partial charge in [-0.3, -0.25) is 4.99 Å². The molecule has 0 fully saturated rings. The zero-order chi connectivity index (χ0) is 22.1. The van der Waals surface area contributed by atoms with Crippen LogP contribution < -0.4 is 15.4 Å². The largest absolute Gasteiger partial charge is 0.494 e. The minimum atomic E-state index is -0.435. The number of aliphatic imine (C=N–C) groups is 1. The molecular weight excluding hydrogens is 400 g/mol. The van der Waals surface area contributed by atoms with Gasteiger partial charge in [-0.2, -0.15) is 0 Å². The van der Waals surface area contributed by atoms with Crippen molar-refractivity contribution in [3.05, 3.63) is 36.2 Å². The smallest absolute Gasteiger partial charge is 0.344 e. The van der Waals surface area contributed by atoms with E-state index in [4.69, 9.17) is 9.47 Å². The summed E-state index contributed by atoms with van der Waals surface area (Å²) in [7, 11) is 1.90. The second kappa shape index (κ2) is 10.9. The Balaban J connectivity index is 1.79. The zero-order valence-electron chi connectivity index (χ0n) is 17.5. The summed E-state index contributed by atoms with van der Waals surface area (Å²) in [6, 6.07) is 6.96. The molecule has 0 saturated heterocycles. The van der Waals surface area contributed by atoms with Crippen LogP contribution in [0.2, 0.25) is 0 Å². The number of hydrogen-bond acceptors (Lipinski definition) is 9. The molecule has 10 nitrogen and oxygen atoms in total. The Bertz CT molecular complexity index is 1050.